The van der Waals surface area contributed by atoms with Gasteiger partial charge < -0.3 is 20.3 Å². The molecule has 0 aliphatic heterocycles. The van der Waals surface area contributed by atoms with E-state index in [9.17, 15) is 9.90 Å². The zero-order valence-electron chi connectivity index (χ0n) is 9.77. The second kappa shape index (κ2) is 6.88. The Kier molecular flexibility index (Phi) is 5.45. The molecule has 0 heterocycles. The monoisotopic (exact) mass is 239 g/mol. The average Bonchev–Trinajstić information content (AvgIpc) is 2.32. The Labute approximate surface area is 100 Å². The molecule has 1 aromatic carbocycles. The number of phenolic OH excluding ortho intramolecular Hbond substituents is 1. The Morgan fingerprint density at radius 2 is 2.18 bits per heavy atom. The first-order chi connectivity index (χ1) is 8.15. The van der Waals surface area contributed by atoms with Crippen molar-refractivity contribution in [2.75, 3.05) is 26.4 Å². The van der Waals surface area contributed by atoms with Crippen molar-refractivity contribution in [3.8, 4) is 5.75 Å². The molecule has 0 unspecified atom stereocenters. The number of carbonyl (C=O) groups excluding carboxylic acids is 1. The first-order valence-corrected chi connectivity index (χ1v) is 5.41. The van der Waals surface area contributed by atoms with Gasteiger partial charge in [-0.15, -0.1) is 0 Å². The van der Waals surface area contributed by atoms with E-state index in [4.69, 9.17) is 9.84 Å². The van der Waals surface area contributed by atoms with E-state index < -0.39 is 0 Å². The molecule has 1 aromatic rings. The number of aryl methyl sites for hydroxylation is 1. The van der Waals surface area contributed by atoms with Crippen LogP contribution in [0.1, 0.15) is 15.9 Å². The maximum absolute atomic E-state index is 11.6. The number of aliphatic hydroxyl groups excluding tert-OH is 1. The van der Waals surface area contributed by atoms with Crippen molar-refractivity contribution in [3.05, 3.63) is 29.3 Å². The summed E-state index contributed by atoms with van der Waals surface area (Å²) in [4.78, 5) is 11.6. The molecule has 0 saturated carbocycles. The maximum Gasteiger partial charge on any atom is 0.251 e. The molecule has 1 rings (SSSR count). The number of phenols is 1. The standard InChI is InChI=1S/C12H17NO4/c1-9-8-10(2-3-11(9)15)12(16)13-4-6-17-7-5-14/h2-3,8,14-15H,4-7H2,1H3,(H,13,16). The van der Waals surface area contributed by atoms with E-state index >= 15 is 0 Å². The zero-order valence-corrected chi connectivity index (χ0v) is 9.77. The summed E-state index contributed by atoms with van der Waals surface area (Å²) in [6.07, 6.45) is 0. The third kappa shape index (κ3) is 4.42. The van der Waals surface area contributed by atoms with Crippen molar-refractivity contribution < 1.29 is 19.7 Å². The number of nitrogens with one attached hydrogen (secondary N) is 1. The summed E-state index contributed by atoms with van der Waals surface area (Å²) < 4.78 is 5.01. The van der Waals surface area contributed by atoms with E-state index in [1.54, 1.807) is 19.1 Å². The smallest absolute Gasteiger partial charge is 0.251 e. The highest BCUT2D eigenvalue weighted by atomic mass is 16.5. The molecule has 1 amide bonds. The Morgan fingerprint density at radius 1 is 1.41 bits per heavy atom. The van der Waals surface area contributed by atoms with Crippen LogP contribution in [0.2, 0.25) is 0 Å². The van der Waals surface area contributed by atoms with Crippen molar-refractivity contribution in [2.24, 2.45) is 0 Å². The van der Waals surface area contributed by atoms with Gasteiger partial charge in [-0.25, -0.2) is 0 Å². The first kappa shape index (κ1) is 13.5. The maximum atomic E-state index is 11.6. The number of hydrogen-bond acceptors (Lipinski definition) is 4. The summed E-state index contributed by atoms with van der Waals surface area (Å²) in [6.45, 7) is 2.73. The van der Waals surface area contributed by atoms with Crippen LogP contribution in [0.5, 0.6) is 5.75 Å². The molecule has 3 N–H and O–H groups in total. The lowest BCUT2D eigenvalue weighted by molar-refractivity contribution is 0.0838. The SMILES string of the molecule is Cc1cc(C(=O)NCCOCCO)ccc1O. The number of aromatic hydroxyl groups is 1. The topological polar surface area (TPSA) is 78.8 Å². The summed E-state index contributed by atoms with van der Waals surface area (Å²) in [6, 6.07) is 4.68. The largest absolute Gasteiger partial charge is 0.508 e. The molecular formula is C12H17NO4. The van der Waals surface area contributed by atoms with E-state index in [1.165, 1.54) is 6.07 Å². The van der Waals surface area contributed by atoms with Crippen LogP contribution in [0.15, 0.2) is 18.2 Å². The van der Waals surface area contributed by atoms with Crippen molar-refractivity contribution in [1.82, 2.24) is 5.32 Å². The van der Waals surface area contributed by atoms with Crippen LogP contribution in [-0.2, 0) is 4.74 Å². The fraction of sp³-hybridized carbons (Fsp3) is 0.417. The van der Waals surface area contributed by atoms with Gasteiger partial charge in [-0.3, -0.25) is 4.79 Å². The summed E-state index contributed by atoms with van der Waals surface area (Å²) in [5.41, 5.74) is 1.16. The number of rotatable bonds is 6. The Bertz CT molecular complexity index is 379. The lowest BCUT2D eigenvalue weighted by Crippen LogP contribution is -2.27. The number of aliphatic hydroxyl groups is 1. The Morgan fingerprint density at radius 3 is 2.82 bits per heavy atom. The van der Waals surface area contributed by atoms with Crippen LogP contribution < -0.4 is 5.32 Å². The van der Waals surface area contributed by atoms with Gasteiger partial charge in [0.2, 0.25) is 0 Å². The molecule has 0 aromatic heterocycles. The molecule has 17 heavy (non-hydrogen) atoms. The van der Waals surface area contributed by atoms with Gasteiger partial charge >= 0.3 is 0 Å². The summed E-state index contributed by atoms with van der Waals surface area (Å²) >= 11 is 0. The number of hydrogen-bond donors (Lipinski definition) is 3. The minimum absolute atomic E-state index is 0.0227. The summed E-state index contributed by atoms with van der Waals surface area (Å²) in [5, 5.41) is 20.5. The fourth-order valence-corrected chi connectivity index (χ4v) is 1.30. The van der Waals surface area contributed by atoms with Crippen LogP contribution in [0, 0.1) is 6.92 Å². The van der Waals surface area contributed by atoms with Crippen molar-refractivity contribution in [3.63, 3.8) is 0 Å². The molecule has 94 valence electrons. The molecule has 0 fully saturated rings. The predicted molar refractivity (Wildman–Crippen MR) is 63.1 cm³/mol. The molecule has 0 saturated heterocycles. The molecule has 0 atom stereocenters. The highest BCUT2D eigenvalue weighted by Crippen LogP contribution is 2.16. The third-order valence-corrected chi connectivity index (χ3v) is 2.23. The van der Waals surface area contributed by atoms with Crippen LogP contribution >= 0.6 is 0 Å². The van der Waals surface area contributed by atoms with E-state index in [1.807, 2.05) is 0 Å². The van der Waals surface area contributed by atoms with Gasteiger partial charge in [-0.2, -0.15) is 0 Å². The molecule has 0 radical (unpaired) electrons. The van der Waals surface area contributed by atoms with E-state index in [-0.39, 0.29) is 24.9 Å². The molecule has 0 aliphatic carbocycles. The number of carbonyl (C=O) groups is 1. The van der Waals surface area contributed by atoms with Gasteiger partial charge in [-0.1, -0.05) is 0 Å². The lowest BCUT2D eigenvalue weighted by atomic mass is 10.1. The number of benzene rings is 1. The second-order valence-corrected chi connectivity index (χ2v) is 3.59. The van der Waals surface area contributed by atoms with Gasteiger partial charge in [-0.05, 0) is 30.7 Å². The van der Waals surface area contributed by atoms with Gasteiger partial charge in [0, 0.05) is 12.1 Å². The minimum Gasteiger partial charge on any atom is -0.508 e. The van der Waals surface area contributed by atoms with Crippen LogP contribution in [0.3, 0.4) is 0 Å². The van der Waals surface area contributed by atoms with Crippen molar-refractivity contribution in [2.45, 2.75) is 6.92 Å². The Hall–Kier alpha value is -1.59. The zero-order chi connectivity index (χ0) is 12.7. The highest BCUT2D eigenvalue weighted by molar-refractivity contribution is 5.94. The van der Waals surface area contributed by atoms with Gasteiger partial charge in [0.1, 0.15) is 5.75 Å². The molecule has 0 aliphatic rings. The van der Waals surface area contributed by atoms with Crippen LogP contribution in [-0.4, -0.2) is 42.5 Å². The molecule has 5 nitrogen and oxygen atoms in total. The van der Waals surface area contributed by atoms with Gasteiger partial charge in [0.15, 0.2) is 0 Å². The van der Waals surface area contributed by atoms with Gasteiger partial charge in [0.05, 0.1) is 19.8 Å². The van der Waals surface area contributed by atoms with E-state index in [2.05, 4.69) is 5.32 Å². The predicted octanol–water partition coefficient (Wildman–Crippen LogP) is 0.439. The molecule has 0 bridgehead atoms. The van der Waals surface area contributed by atoms with E-state index in [0.717, 1.165) is 0 Å². The van der Waals surface area contributed by atoms with Crippen molar-refractivity contribution >= 4 is 5.91 Å². The van der Waals surface area contributed by atoms with Crippen molar-refractivity contribution in [1.29, 1.82) is 0 Å². The summed E-state index contributed by atoms with van der Waals surface area (Å²) in [5.74, 6) is -0.0338. The minimum atomic E-state index is -0.208. The molecular weight excluding hydrogens is 222 g/mol. The molecule has 0 spiro atoms. The van der Waals surface area contributed by atoms with Crippen LogP contribution in [0.25, 0.3) is 0 Å². The number of amides is 1. The second-order valence-electron chi connectivity index (χ2n) is 3.59. The lowest BCUT2D eigenvalue weighted by Gasteiger charge is -2.07. The number of ether oxygens (including phenoxy) is 1. The fourth-order valence-electron chi connectivity index (χ4n) is 1.30. The normalized spacial score (nSPS) is 10.2. The highest BCUT2D eigenvalue weighted by Gasteiger charge is 2.06. The first-order valence-electron chi connectivity index (χ1n) is 5.41. The quantitative estimate of drug-likeness (QED) is 0.629. The third-order valence-electron chi connectivity index (χ3n) is 2.23. The summed E-state index contributed by atoms with van der Waals surface area (Å²) in [7, 11) is 0. The van der Waals surface area contributed by atoms with E-state index in [0.29, 0.717) is 24.3 Å². The Balaban J connectivity index is 2.39. The van der Waals surface area contributed by atoms with Crippen LogP contribution in [0.4, 0.5) is 0 Å². The average molecular weight is 239 g/mol. The molecule has 5 heteroatoms. The van der Waals surface area contributed by atoms with Gasteiger partial charge in [0.25, 0.3) is 5.91 Å².